The van der Waals surface area contributed by atoms with Gasteiger partial charge in [0.2, 0.25) is 10.0 Å². The van der Waals surface area contributed by atoms with Crippen LogP contribution in [-0.4, -0.2) is 44.9 Å². The van der Waals surface area contributed by atoms with Crippen molar-refractivity contribution in [2.45, 2.75) is 57.0 Å². The number of hydrogen-bond acceptors (Lipinski definition) is 5. The van der Waals surface area contributed by atoms with Crippen molar-refractivity contribution in [2.75, 3.05) is 18.9 Å². The first-order chi connectivity index (χ1) is 9.45. The van der Waals surface area contributed by atoms with E-state index in [0.717, 1.165) is 32.2 Å². The largest absolute Gasteiger partial charge is 0.466 e. The first-order valence-corrected chi connectivity index (χ1v) is 9.01. The standard InChI is InChI=1S/C13H24N2O4S/c1-2-19-12(16)5-9-20(17,18)15-11-4-8-14-13(10-11)6-3-7-13/h11,14-15H,2-10H2,1H3. The second kappa shape index (κ2) is 6.41. The number of sulfonamides is 1. The van der Waals surface area contributed by atoms with Crippen LogP contribution in [0.3, 0.4) is 0 Å². The quantitative estimate of drug-likeness (QED) is 0.699. The highest BCUT2D eigenvalue weighted by atomic mass is 32.2. The zero-order chi connectivity index (χ0) is 14.6. The van der Waals surface area contributed by atoms with E-state index in [2.05, 4.69) is 10.0 Å². The molecule has 1 unspecified atom stereocenters. The van der Waals surface area contributed by atoms with Gasteiger partial charge < -0.3 is 10.1 Å². The van der Waals surface area contributed by atoms with Gasteiger partial charge in [0, 0.05) is 11.6 Å². The van der Waals surface area contributed by atoms with Gasteiger partial charge in [0.25, 0.3) is 0 Å². The molecule has 1 spiro atoms. The Hall–Kier alpha value is -0.660. The van der Waals surface area contributed by atoms with Gasteiger partial charge in [0.05, 0.1) is 18.8 Å². The van der Waals surface area contributed by atoms with E-state index in [-0.39, 0.29) is 30.4 Å². The van der Waals surface area contributed by atoms with E-state index in [1.807, 2.05) is 0 Å². The normalized spacial score (nSPS) is 25.1. The van der Waals surface area contributed by atoms with Crippen molar-refractivity contribution < 1.29 is 17.9 Å². The maximum absolute atomic E-state index is 12.0. The molecule has 0 radical (unpaired) electrons. The molecule has 1 saturated heterocycles. The Labute approximate surface area is 120 Å². The number of carbonyl (C=O) groups excluding carboxylic acids is 1. The van der Waals surface area contributed by atoms with Gasteiger partial charge in [-0.1, -0.05) is 0 Å². The van der Waals surface area contributed by atoms with Crippen LogP contribution in [0.4, 0.5) is 0 Å². The molecule has 2 fully saturated rings. The highest BCUT2D eigenvalue weighted by molar-refractivity contribution is 7.89. The predicted molar refractivity (Wildman–Crippen MR) is 75.8 cm³/mol. The Bertz CT molecular complexity index is 445. The van der Waals surface area contributed by atoms with Crippen molar-refractivity contribution in [1.82, 2.24) is 10.0 Å². The molecule has 0 aromatic heterocycles. The Kier molecular flexibility index (Phi) is 5.04. The lowest BCUT2D eigenvalue weighted by molar-refractivity contribution is -0.142. The fraction of sp³-hybridized carbons (Fsp3) is 0.923. The summed E-state index contributed by atoms with van der Waals surface area (Å²) in [6, 6.07) is -0.0104. The Balaban J connectivity index is 1.80. The third kappa shape index (κ3) is 4.17. The third-order valence-corrected chi connectivity index (χ3v) is 5.60. The smallest absolute Gasteiger partial charge is 0.306 e. The SMILES string of the molecule is CCOC(=O)CCS(=O)(=O)NC1CCNC2(CCC2)C1. The summed E-state index contributed by atoms with van der Waals surface area (Å²) in [6.07, 6.45) is 5.06. The topological polar surface area (TPSA) is 84.5 Å². The molecule has 0 amide bonds. The zero-order valence-electron chi connectivity index (χ0n) is 12.0. The molecule has 0 bridgehead atoms. The molecular formula is C13H24N2O4S. The maximum Gasteiger partial charge on any atom is 0.306 e. The molecule has 1 saturated carbocycles. The second-order valence-corrected chi connectivity index (χ2v) is 7.62. The minimum Gasteiger partial charge on any atom is -0.466 e. The van der Waals surface area contributed by atoms with E-state index in [4.69, 9.17) is 4.74 Å². The third-order valence-electron chi connectivity index (χ3n) is 4.17. The summed E-state index contributed by atoms with van der Waals surface area (Å²) in [6.45, 7) is 2.84. The lowest BCUT2D eigenvalue weighted by atomic mass is 9.70. The Morgan fingerprint density at radius 3 is 2.80 bits per heavy atom. The van der Waals surface area contributed by atoms with Crippen molar-refractivity contribution in [3.8, 4) is 0 Å². The van der Waals surface area contributed by atoms with E-state index in [9.17, 15) is 13.2 Å². The number of piperidine rings is 1. The highest BCUT2D eigenvalue weighted by Gasteiger charge is 2.41. The number of hydrogen-bond donors (Lipinski definition) is 2. The molecule has 20 heavy (non-hydrogen) atoms. The summed E-state index contributed by atoms with van der Waals surface area (Å²) in [5, 5.41) is 3.51. The Morgan fingerprint density at radius 1 is 1.45 bits per heavy atom. The van der Waals surface area contributed by atoms with Gasteiger partial charge in [0.1, 0.15) is 0 Å². The van der Waals surface area contributed by atoms with Gasteiger partial charge in [0.15, 0.2) is 0 Å². The summed E-state index contributed by atoms with van der Waals surface area (Å²) in [5.41, 5.74) is 0.159. The summed E-state index contributed by atoms with van der Waals surface area (Å²) in [4.78, 5) is 11.2. The van der Waals surface area contributed by atoms with Crippen LogP contribution in [-0.2, 0) is 19.6 Å². The molecule has 1 atom stereocenters. The molecule has 2 aliphatic rings. The van der Waals surface area contributed by atoms with E-state index in [1.54, 1.807) is 6.92 Å². The summed E-state index contributed by atoms with van der Waals surface area (Å²) < 4.78 is 31.5. The first kappa shape index (κ1) is 15.7. The average molecular weight is 304 g/mol. The lowest BCUT2D eigenvalue weighted by Gasteiger charge is -2.48. The van der Waals surface area contributed by atoms with Crippen molar-refractivity contribution in [2.24, 2.45) is 0 Å². The van der Waals surface area contributed by atoms with E-state index in [0.29, 0.717) is 0 Å². The summed E-state index contributed by atoms with van der Waals surface area (Å²) in [7, 11) is -3.41. The maximum atomic E-state index is 12.0. The molecule has 1 heterocycles. The van der Waals surface area contributed by atoms with E-state index in [1.165, 1.54) is 6.42 Å². The van der Waals surface area contributed by atoms with E-state index >= 15 is 0 Å². The fourth-order valence-electron chi connectivity index (χ4n) is 3.01. The van der Waals surface area contributed by atoms with Crippen molar-refractivity contribution >= 4 is 16.0 Å². The number of carbonyl (C=O) groups is 1. The molecule has 1 aliphatic heterocycles. The van der Waals surface area contributed by atoms with Crippen LogP contribution in [0.15, 0.2) is 0 Å². The van der Waals surface area contributed by atoms with Crippen LogP contribution < -0.4 is 10.0 Å². The van der Waals surface area contributed by atoms with Crippen molar-refractivity contribution in [1.29, 1.82) is 0 Å². The van der Waals surface area contributed by atoms with Gasteiger partial charge in [-0.25, -0.2) is 13.1 Å². The molecule has 2 rings (SSSR count). The van der Waals surface area contributed by atoms with Gasteiger partial charge in [-0.3, -0.25) is 4.79 Å². The molecule has 7 heteroatoms. The molecule has 2 N–H and O–H groups in total. The molecule has 116 valence electrons. The monoisotopic (exact) mass is 304 g/mol. The van der Waals surface area contributed by atoms with Crippen molar-refractivity contribution in [3.63, 3.8) is 0 Å². The second-order valence-electron chi connectivity index (χ2n) is 5.74. The van der Waals surface area contributed by atoms with Crippen molar-refractivity contribution in [3.05, 3.63) is 0 Å². The molecule has 0 aromatic rings. The van der Waals surface area contributed by atoms with Crippen LogP contribution in [0.5, 0.6) is 0 Å². The lowest BCUT2D eigenvalue weighted by Crippen LogP contribution is -2.59. The van der Waals surface area contributed by atoms with Gasteiger partial charge >= 0.3 is 5.97 Å². The van der Waals surface area contributed by atoms with Gasteiger partial charge in [-0.15, -0.1) is 0 Å². The zero-order valence-corrected chi connectivity index (χ0v) is 12.8. The Morgan fingerprint density at radius 2 is 2.20 bits per heavy atom. The first-order valence-electron chi connectivity index (χ1n) is 7.35. The van der Waals surface area contributed by atoms with Crippen LogP contribution >= 0.6 is 0 Å². The van der Waals surface area contributed by atoms with Crippen LogP contribution in [0.1, 0.15) is 45.4 Å². The van der Waals surface area contributed by atoms with E-state index < -0.39 is 16.0 Å². The minimum atomic E-state index is -3.41. The van der Waals surface area contributed by atoms with Crippen LogP contribution in [0.25, 0.3) is 0 Å². The number of nitrogens with one attached hydrogen (secondary N) is 2. The molecule has 1 aliphatic carbocycles. The number of esters is 1. The number of ether oxygens (including phenoxy) is 1. The van der Waals surface area contributed by atoms with Crippen LogP contribution in [0, 0.1) is 0 Å². The molecular weight excluding hydrogens is 280 g/mol. The summed E-state index contributed by atoms with van der Waals surface area (Å²) in [5.74, 6) is -0.651. The highest BCUT2D eigenvalue weighted by Crippen LogP contribution is 2.38. The molecule has 0 aromatic carbocycles. The van der Waals surface area contributed by atoms with Gasteiger partial charge in [-0.2, -0.15) is 0 Å². The minimum absolute atomic E-state index is 0.0104. The summed E-state index contributed by atoms with van der Waals surface area (Å²) >= 11 is 0. The number of rotatable bonds is 6. The average Bonchev–Trinajstić information content (AvgIpc) is 2.35. The predicted octanol–water partition coefficient (Wildman–Crippen LogP) is 0.534. The van der Waals surface area contributed by atoms with Gasteiger partial charge in [-0.05, 0) is 45.6 Å². The molecule has 6 nitrogen and oxygen atoms in total. The fourth-order valence-corrected chi connectivity index (χ4v) is 4.27. The van der Waals surface area contributed by atoms with Crippen LogP contribution in [0.2, 0.25) is 0 Å².